The molecule has 1 amide bonds. The number of hydrogen-bond acceptors (Lipinski definition) is 5. The van der Waals surface area contributed by atoms with E-state index in [4.69, 9.17) is 5.84 Å². The van der Waals surface area contributed by atoms with Crippen LogP contribution in [0.4, 0.5) is 5.69 Å². The number of carbonyl (C=O) groups excluding carboxylic acids is 1. The Bertz CT molecular complexity index is 422. The molecule has 1 unspecified atom stereocenters. The van der Waals surface area contributed by atoms with Gasteiger partial charge in [0.1, 0.15) is 0 Å². The number of nitrogens with two attached hydrogens (primary N) is 1. The predicted octanol–water partition coefficient (Wildman–Crippen LogP) is 1.85. The summed E-state index contributed by atoms with van der Waals surface area (Å²) in [6.07, 6.45) is 1.07. The lowest BCUT2D eigenvalue weighted by Gasteiger charge is -2.10. The third-order valence-corrected chi connectivity index (χ3v) is 3.51. The minimum atomic E-state index is -0.427. The highest BCUT2D eigenvalue weighted by molar-refractivity contribution is 7.99. The number of hydrogen-bond donors (Lipinski definition) is 2. The van der Waals surface area contributed by atoms with Crippen molar-refractivity contribution in [2.75, 3.05) is 0 Å². The second kappa shape index (κ2) is 6.97. The molecule has 0 fully saturated rings. The first-order valence-electron chi connectivity index (χ1n) is 5.43. The van der Waals surface area contributed by atoms with Crippen LogP contribution >= 0.6 is 11.8 Å². The topological polar surface area (TPSA) is 98.3 Å². The molecular weight excluding hydrogens is 254 g/mol. The van der Waals surface area contributed by atoms with Gasteiger partial charge in [0.25, 0.3) is 5.69 Å². The van der Waals surface area contributed by atoms with Crippen molar-refractivity contribution < 1.29 is 9.72 Å². The molecule has 98 valence electrons. The second-order valence-corrected chi connectivity index (χ2v) is 5.30. The van der Waals surface area contributed by atoms with Crippen LogP contribution in [0, 0.1) is 10.1 Å². The molecule has 0 aliphatic rings. The monoisotopic (exact) mass is 269 g/mol. The fraction of sp³-hybridized carbons (Fsp3) is 0.364. The highest BCUT2D eigenvalue weighted by Gasteiger charge is 2.09. The minimum absolute atomic E-state index is 0.0783. The number of hydrazine groups is 1. The van der Waals surface area contributed by atoms with Gasteiger partial charge in [-0.2, -0.15) is 0 Å². The van der Waals surface area contributed by atoms with Gasteiger partial charge < -0.3 is 0 Å². The van der Waals surface area contributed by atoms with Crippen LogP contribution in [0.15, 0.2) is 29.2 Å². The van der Waals surface area contributed by atoms with Crippen molar-refractivity contribution in [3.05, 3.63) is 34.4 Å². The number of nitro groups is 1. The number of rotatable bonds is 6. The largest absolute Gasteiger partial charge is 0.294 e. The summed E-state index contributed by atoms with van der Waals surface area (Å²) < 4.78 is 0. The first-order chi connectivity index (χ1) is 8.52. The lowest BCUT2D eigenvalue weighted by Crippen LogP contribution is -2.30. The van der Waals surface area contributed by atoms with Crippen molar-refractivity contribution in [1.82, 2.24) is 5.43 Å². The lowest BCUT2D eigenvalue weighted by atomic mass is 10.2. The molecule has 0 spiro atoms. The van der Waals surface area contributed by atoms with Crippen LogP contribution in [0.1, 0.15) is 19.8 Å². The third kappa shape index (κ3) is 4.72. The standard InChI is InChI=1S/C11H15N3O3S/c1-8(2-7-11(15)13-12)18-10-5-3-9(4-6-10)14(16)17/h3-6,8H,2,7,12H2,1H3,(H,13,15). The summed E-state index contributed by atoms with van der Waals surface area (Å²) >= 11 is 1.57. The van der Waals surface area contributed by atoms with Gasteiger partial charge >= 0.3 is 0 Å². The summed E-state index contributed by atoms with van der Waals surface area (Å²) in [5.41, 5.74) is 2.16. The maximum atomic E-state index is 11.0. The predicted molar refractivity (Wildman–Crippen MR) is 70.0 cm³/mol. The van der Waals surface area contributed by atoms with Gasteiger partial charge in [-0.25, -0.2) is 5.84 Å². The smallest absolute Gasteiger partial charge is 0.269 e. The highest BCUT2D eigenvalue weighted by atomic mass is 32.2. The van der Waals surface area contributed by atoms with Crippen molar-refractivity contribution in [3.8, 4) is 0 Å². The minimum Gasteiger partial charge on any atom is -0.294 e. The Morgan fingerprint density at radius 3 is 2.61 bits per heavy atom. The van der Waals surface area contributed by atoms with E-state index in [1.165, 1.54) is 12.1 Å². The molecule has 1 aromatic rings. The SMILES string of the molecule is CC(CCC(=O)NN)Sc1ccc([N+](=O)[O-])cc1. The van der Waals surface area contributed by atoms with Crippen LogP contribution in [-0.2, 0) is 4.79 Å². The van der Waals surface area contributed by atoms with Gasteiger partial charge in [0.2, 0.25) is 5.91 Å². The van der Waals surface area contributed by atoms with Crippen molar-refractivity contribution in [2.45, 2.75) is 29.9 Å². The molecule has 0 aromatic heterocycles. The van der Waals surface area contributed by atoms with Gasteiger partial charge in [-0.3, -0.25) is 20.3 Å². The number of carbonyl (C=O) groups is 1. The second-order valence-electron chi connectivity index (χ2n) is 3.79. The van der Waals surface area contributed by atoms with Crippen LogP contribution in [0.25, 0.3) is 0 Å². The van der Waals surface area contributed by atoms with Crippen LogP contribution in [0.2, 0.25) is 0 Å². The number of thioether (sulfide) groups is 1. The zero-order valence-electron chi connectivity index (χ0n) is 9.96. The zero-order valence-corrected chi connectivity index (χ0v) is 10.8. The summed E-state index contributed by atoms with van der Waals surface area (Å²) in [6, 6.07) is 6.37. The van der Waals surface area contributed by atoms with Crippen molar-refractivity contribution in [1.29, 1.82) is 0 Å². The number of non-ortho nitro benzene ring substituents is 1. The van der Waals surface area contributed by atoms with Crippen LogP contribution in [0.3, 0.4) is 0 Å². The van der Waals surface area contributed by atoms with E-state index in [9.17, 15) is 14.9 Å². The van der Waals surface area contributed by atoms with E-state index >= 15 is 0 Å². The van der Waals surface area contributed by atoms with Gasteiger partial charge in [0.15, 0.2) is 0 Å². The number of nitrogens with one attached hydrogen (secondary N) is 1. The highest BCUT2D eigenvalue weighted by Crippen LogP contribution is 2.27. The fourth-order valence-corrected chi connectivity index (χ4v) is 2.34. The molecule has 0 saturated carbocycles. The van der Waals surface area contributed by atoms with E-state index in [1.54, 1.807) is 23.9 Å². The van der Waals surface area contributed by atoms with Gasteiger partial charge in [-0.1, -0.05) is 6.92 Å². The van der Waals surface area contributed by atoms with E-state index in [0.717, 1.165) is 4.90 Å². The van der Waals surface area contributed by atoms with Gasteiger partial charge in [-0.15, -0.1) is 11.8 Å². The van der Waals surface area contributed by atoms with E-state index in [2.05, 4.69) is 5.43 Å². The molecule has 6 nitrogen and oxygen atoms in total. The molecule has 1 rings (SSSR count). The Morgan fingerprint density at radius 1 is 1.50 bits per heavy atom. The molecule has 0 aliphatic heterocycles. The summed E-state index contributed by atoms with van der Waals surface area (Å²) in [6.45, 7) is 2.00. The molecular formula is C11H15N3O3S. The summed E-state index contributed by atoms with van der Waals surface area (Å²) in [7, 11) is 0. The molecule has 0 radical (unpaired) electrons. The zero-order chi connectivity index (χ0) is 13.5. The van der Waals surface area contributed by atoms with Crippen molar-refractivity contribution in [3.63, 3.8) is 0 Å². The van der Waals surface area contributed by atoms with Gasteiger partial charge in [-0.05, 0) is 18.6 Å². The number of nitro benzene ring substituents is 1. The number of amides is 1. The normalized spacial score (nSPS) is 11.9. The van der Waals surface area contributed by atoms with Crippen LogP contribution in [0.5, 0.6) is 0 Å². The Labute approximate surface area is 109 Å². The number of benzene rings is 1. The summed E-state index contributed by atoms with van der Waals surface area (Å²) in [5, 5.41) is 10.7. The van der Waals surface area contributed by atoms with E-state index in [-0.39, 0.29) is 16.8 Å². The molecule has 0 heterocycles. The maximum Gasteiger partial charge on any atom is 0.269 e. The quantitative estimate of drug-likeness (QED) is 0.270. The molecule has 18 heavy (non-hydrogen) atoms. The van der Waals surface area contributed by atoms with Crippen molar-refractivity contribution >= 4 is 23.4 Å². The third-order valence-electron chi connectivity index (χ3n) is 2.32. The average Bonchev–Trinajstić information content (AvgIpc) is 2.36. The fourth-order valence-electron chi connectivity index (χ4n) is 1.34. The Hall–Kier alpha value is -1.60. The van der Waals surface area contributed by atoms with Gasteiger partial charge in [0, 0.05) is 28.7 Å². The molecule has 0 bridgehead atoms. The molecule has 0 saturated heterocycles. The number of nitrogens with zero attached hydrogens (tertiary/aromatic N) is 1. The first kappa shape index (κ1) is 14.5. The Kier molecular flexibility index (Phi) is 5.60. The van der Waals surface area contributed by atoms with Crippen LogP contribution in [-0.4, -0.2) is 16.1 Å². The Morgan fingerprint density at radius 2 is 2.11 bits per heavy atom. The van der Waals surface area contributed by atoms with E-state index < -0.39 is 4.92 Å². The van der Waals surface area contributed by atoms with E-state index in [1.807, 2.05) is 6.92 Å². The Balaban J connectivity index is 2.46. The van der Waals surface area contributed by atoms with Gasteiger partial charge in [0.05, 0.1) is 4.92 Å². The lowest BCUT2D eigenvalue weighted by molar-refractivity contribution is -0.384. The van der Waals surface area contributed by atoms with Crippen molar-refractivity contribution in [2.24, 2.45) is 5.84 Å². The first-order valence-corrected chi connectivity index (χ1v) is 6.31. The molecule has 7 heteroatoms. The molecule has 1 aromatic carbocycles. The molecule has 3 N–H and O–H groups in total. The summed E-state index contributed by atoms with van der Waals surface area (Å²) in [5.74, 6) is 4.80. The molecule has 0 aliphatic carbocycles. The van der Waals surface area contributed by atoms with E-state index in [0.29, 0.717) is 12.8 Å². The van der Waals surface area contributed by atoms with Crippen LogP contribution < -0.4 is 11.3 Å². The summed E-state index contributed by atoms with van der Waals surface area (Å²) in [4.78, 5) is 22.0. The maximum absolute atomic E-state index is 11.0. The average molecular weight is 269 g/mol. The molecule has 1 atom stereocenters.